The number of hydrogen-bond acceptors (Lipinski definition) is 3. The zero-order valence-corrected chi connectivity index (χ0v) is 11.6. The molecule has 2 fully saturated rings. The Kier molecular flexibility index (Phi) is 4.98. The number of hydrogen-bond donors (Lipinski definition) is 3. The minimum atomic E-state index is -0.883. The van der Waals surface area contributed by atoms with Crippen molar-refractivity contribution in [1.29, 1.82) is 0 Å². The molecule has 3 N–H and O–H groups in total. The maximum absolute atomic E-state index is 12.0. The van der Waals surface area contributed by atoms with Gasteiger partial charge in [-0.25, -0.2) is 0 Å². The average molecular weight is 282 g/mol. The SMILES string of the molecule is O=C(NCCNC(=O)[C@@H]1CCCC[C@@H]1C(=O)O)C1CC1. The van der Waals surface area contributed by atoms with Gasteiger partial charge in [0, 0.05) is 19.0 Å². The topological polar surface area (TPSA) is 95.5 Å². The van der Waals surface area contributed by atoms with Crippen molar-refractivity contribution in [3.63, 3.8) is 0 Å². The Bertz CT molecular complexity index is 393. The lowest BCUT2D eigenvalue weighted by molar-refractivity contribution is -0.148. The van der Waals surface area contributed by atoms with E-state index in [-0.39, 0.29) is 17.7 Å². The highest BCUT2D eigenvalue weighted by Gasteiger charge is 2.35. The molecular weight excluding hydrogens is 260 g/mol. The summed E-state index contributed by atoms with van der Waals surface area (Å²) in [6.45, 7) is 0.770. The quantitative estimate of drug-likeness (QED) is 0.619. The number of carboxylic acid groups (broad SMARTS) is 1. The van der Waals surface area contributed by atoms with Crippen molar-refractivity contribution >= 4 is 17.8 Å². The average Bonchev–Trinajstić information content (AvgIpc) is 3.27. The second-order valence-electron chi connectivity index (χ2n) is 5.69. The van der Waals surface area contributed by atoms with Crippen LogP contribution in [0.25, 0.3) is 0 Å². The summed E-state index contributed by atoms with van der Waals surface area (Å²) < 4.78 is 0. The molecule has 0 heterocycles. The van der Waals surface area contributed by atoms with Gasteiger partial charge in [-0.2, -0.15) is 0 Å². The molecule has 0 aliphatic heterocycles. The van der Waals surface area contributed by atoms with Gasteiger partial charge in [0.15, 0.2) is 0 Å². The van der Waals surface area contributed by atoms with E-state index in [9.17, 15) is 14.4 Å². The van der Waals surface area contributed by atoms with Crippen LogP contribution < -0.4 is 10.6 Å². The Balaban J connectivity index is 1.69. The number of nitrogens with one attached hydrogen (secondary N) is 2. The fraction of sp³-hybridized carbons (Fsp3) is 0.786. The lowest BCUT2D eigenvalue weighted by atomic mass is 9.79. The molecule has 2 rings (SSSR count). The van der Waals surface area contributed by atoms with E-state index in [1.807, 2.05) is 0 Å². The molecule has 0 aromatic heterocycles. The summed E-state index contributed by atoms with van der Waals surface area (Å²) in [4.78, 5) is 34.5. The molecule has 20 heavy (non-hydrogen) atoms. The number of amides is 2. The lowest BCUT2D eigenvalue weighted by Crippen LogP contribution is -2.42. The van der Waals surface area contributed by atoms with Gasteiger partial charge in [0.2, 0.25) is 11.8 Å². The summed E-state index contributed by atoms with van der Waals surface area (Å²) in [5, 5.41) is 14.6. The predicted molar refractivity (Wildman–Crippen MR) is 71.8 cm³/mol. The van der Waals surface area contributed by atoms with E-state index in [0.29, 0.717) is 25.9 Å². The molecule has 2 atom stereocenters. The normalized spacial score (nSPS) is 25.8. The molecule has 0 aromatic carbocycles. The Hall–Kier alpha value is -1.59. The van der Waals surface area contributed by atoms with Crippen LogP contribution in [-0.2, 0) is 14.4 Å². The molecule has 2 saturated carbocycles. The second kappa shape index (κ2) is 6.72. The van der Waals surface area contributed by atoms with Crippen molar-refractivity contribution < 1.29 is 19.5 Å². The Labute approximate surface area is 118 Å². The van der Waals surface area contributed by atoms with Crippen LogP contribution in [0, 0.1) is 17.8 Å². The molecule has 6 nitrogen and oxygen atoms in total. The number of carboxylic acids is 1. The Morgan fingerprint density at radius 1 is 0.850 bits per heavy atom. The van der Waals surface area contributed by atoms with Crippen LogP contribution in [0.2, 0.25) is 0 Å². The van der Waals surface area contributed by atoms with E-state index in [1.54, 1.807) is 0 Å². The molecule has 2 aliphatic rings. The monoisotopic (exact) mass is 282 g/mol. The summed E-state index contributed by atoms with van der Waals surface area (Å²) in [5.41, 5.74) is 0. The summed E-state index contributed by atoms with van der Waals surface area (Å²) in [6, 6.07) is 0. The number of carbonyl (C=O) groups is 3. The highest BCUT2D eigenvalue weighted by Crippen LogP contribution is 2.30. The summed E-state index contributed by atoms with van der Waals surface area (Å²) in [7, 11) is 0. The van der Waals surface area contributed by atoms with Crippen LogP contribution in [0.1, 0.15) is 38.5 Å². The highest BCUT2D eigenvalue weighted by molar-refractivity contribution is 5.85. The third kappa shape index (κ3) is 3.95. The lowest BCUT2D eigenvalue weighted by Gasteiger charge is -2.27. The maximum atomic E-state index is 12.0. The molecule has 0 spiro atoms. The first-order chi connectivity index (χ1) is 9.59. The van der Waals surface area contributed by atoms with Crippen molar-refractivity contribution in [3.8, 4) is 0 Å². The molecule has 2 amide bonds. The van der Waals surface area contributed by atoms with Crippen LogP contribution in [0.4, 0.5) is 0 Å². The van der Waals surface area contributed by atoms with E-state index in [1.165, 1.54) is 0 Å². The van der Waals surface area contributed by atoms with Crippen molar-refractivity contribution in [2.45, 2.75) is 38.5 Å². The summed E-state index contributed by atoms with van der Waals surface area (Å²) in [6.07, 6.45) is 4.91. The fourth-order valence-corrected chi connectivity index (χ4v) is 2.73. The van der Waals surface area contributed by atoms with Gasteiger partial charge in [0.05, 0.1) is 11.8 Å². The van der Waals surface area contributed by atoms with Gasteiger partial charge in [-0.05, 0) is 25.7 Å². The standard InChI is InChI=1S/C14H22N2O4/c17-12(9-5-6-9)15-7-8-16-13(18)10-3-1-2-4-11(10)14(19)20/h9-11H,1-8H2,(H,15,17)(H,16,18)(H,19,20)/t10-,11+/m1/s1. The van der Waals surface area contributed by atoms with Crippen molar-refractivity contribution in [2.24, 2.45) is 17.8 Å². The van der Waals surface area contributed by atoms with Gasteiger partial charge >= 0.3 is 5.97 Å². The summed E-state index contributed by atoms with van der Waals surface area (Å²) in [5.74, 6) is -1.85. The third-order valence-electron chi connectivity index (χ3n) is 4.09. The van der Waals surface area contributed by atoms with Gasteiger partial charge in [0.1, 0.15) is 0 Å². The van der Waals surface area contributed by atoms with Gasteiger partial charge in [-0.3, -0.25) is 14.4 Å². The van der Waals surface area contributed by atoms with E-state index >= 15 is 0 Å². The summed E-state index contributed by atoms with van der Waals surface area (Å²) >= 11 is 0. The number of carbonyl (C=O) groups excluding carboxylic acids is 2. The predicted octanol–water partition coefficient (Wildman–Crippen LogP) is 0.520. The first-order valence-corrected chi connectivity index (χ1v) is 7.38. The largest absolute Gasteiger partial charge is 0.481 e. The molecule has 0 bridgehead atoms. The molecule has 2 aliphatic carbocycles. The molecule has 112 valence electrons. The molecule has 0 aromatic rings. The van der Waals surface area contributed by atoms with Gasteiger partial charge in [-0.15, -0.1) is 0 Å². The van der Waals surface area contributed by atoms with Crippen molar-refractivity contribution in [2.75, 3.05) is 13.1 Å². The molecule has 0 unspecified atom stereocenters. The maximum Gasteiger partial charge on any atom is 0.307 e. The second-order valence-corrected chi connectivity index (χ2v) is 5.69. The zero-order valence-electron chi connectivity index (χ0n) is 11.6. The first kappa shape index (κ1) is 14.8. The Morgan fingerprint density at radius 3 is 1.95 bits per heavy atom. The number of aliphatic carboxylic acids is 1. The third-order valence-corrected chi connectivity index (χ3v) is 4.09. The van der Waals surface area contributed by atoms with Crippen LogP contribution >= 0.6 is 0 Å². The van der Waals surface area contributed by atoms with Crippen molar-refractivity contribution in [3.05, 3.63) is 0 Å². The molecule has 6 heteroatoms. The smallest absolute Gasteiger partial charge is 0.307 e. The van der Waals surface area contributed by atoms with Crippen LogP contribution in [-0.4, -0.2) is 36.0 Å². The molecular formula is C14H22N2O4. The van der Waals surface area contributed by atoms with Gasteiger partial charge in [0.25, 0.3) is 0 Å². The minimum absolute atomic E-state index is 0.0559. The van der Waals surface area contributed by atoms with Crippen LogP contribution in [0.5, 0.6) is 0 Å². The minimum Gasteiger partial charge on any atom is -0.481 e. The molecule has 0 saturated heterocycles. The van der Waals surface area contributed by atoms with E-state index in [4.69, 9.17) is 5.11 Å². The fourth-order valence-electron chi connectivity index (χ4n) is 2.73. The van der Waals surface area contributed by atoms with Crippen molar-refractivity contribution in [1.82, 2.24) is 10.6 Å². The van der Waals surface area contributed by atoms with Crippen LogP contribution in [0.15, 0.2) is 0 Å². The van der Waals surface area contributed by atoms with E-state index in [0.717, 1.165) is 25.7 Å². The van der Waals surface area contributed by atoms with E-state index < -0.39 is 17.8 Å². The van der Waals surface area contributed by atoms with Gasteiger partial charge in [-0.1, -0.05) is 12.8 Å². The highest BCUT2D eigenvalue weighted by atomic mass is 16.4. The van der Waals surface area contributed by atoms with E-state index in [2.05, 4.69) is 10.6 Å². The Morgan fingerprint density at radius 2 is 1.40 bits per heavy atom. The van der Waals surface area contributed by atoms with Crippen LogP contribution in [0.3, 0.4) is 0 Å². The first-order valence-electron chi connectivity index (χ1n) is 7.38. The zero-order chi connectivity index (χ0) is 14.5. The molecule has 0 radical (unpaired) electrons. The number of rotatable bonds is 6. The van der Waals surface area contributed by atoms with Gasteiger partial charge < -0.3 is 15.7 Å².